The second kappa shape index (κ2) is 40.3. The van der Waals surface area contributed by atoms with Gasteiger partial charge in [-0.2, -0.15) is 15.3 Å². The zero-order valence-electron chi connectivity index (χ0n) is 67.2. The first kappa shape index (κ1) is 82.6. The fourth-order valence-electron chi connectivity index (χ4n) is 13.7. The third kappa shape index (κ3) is 22.1. The van der Waals surface area contributed by atoms with Crippen molar-refractivity contribution in [3.05, 3.63) is 183 Å². The van der Waals surface area contributed by atoms with Crippen molar-refractivity contribution in [2.24, 2.45) is 5.92 Å². The summed E-state index contributed by atoms with van der Waals surface area (Å²) in [5.74, 6) is 3.74. The molecule has 3 aliphatic rings. The quantitative estimate of drug-likeness (QED) is 0.0244. The average molecular weight is 1610 g/mol. The molecule has 3 amide bonds. The fraction of sp³-hybridized carbons (Fsp3) is 0.337. The first-order valence-electron chi connectivity index (χ1n) is 39.9. The normalized spacial score (nSPS) is 14.0. The van der Waals surface area contributed by atoms with Gasteiger partial charge in [-0.05, 0) is 185 Å². The van der Waals surface area contributed by atoms with Crippen molar-refractivity contribution in [2.75, 3.05) is 172 Å². The number of rotatable bonds is 30. The number of fused-ring (bicyclic) bond motifs is 3. The molecular formula is C86H99N23O10. The number of hydrogen-bond acceptors (Lipinski definition) is 27. The van der Waals surface area contributed by atoms with Crippen LogP contribution >= 0.6 is 0 Å². The lowest BCUT2D eigenvalue weighted by Crippen LogP contribution is -2.38. The van der Waals surface area contributed by atoms with Crippen molar-refractivity contribution in [2.45, 2.75) is 46.0 Å². The van der Waals surface area contributed by atoms with Crippen LogP contribution in [0, 0.1) is 5.92 Å². The van der Waals surface area contributed by atoms with Gasteiger partial charge >= 0.3 is 0 Å². The van der Waals surface area contributed by atoms with E-state index in [2.05, 4.69) is 84.5 Å². The van der Waals surface area contributed by atoms with Gasteiger partial charge in [-0.3, -0.25) is 29.1 Å². The molecule has 119 heavy (non-hydrogen) atoms. The first-order chi connectivity index (χ1) is 58.1. The molecule has 33 heteroatoms. The monoisotopic (exact) mass is 1610 g/mol. The predicted octanol–water partition coefficient (Wildman–Crippen LogP) is 10.2. The van der Waals surface area contributed by atoms with Crippen molar-refractivity contribution < 1.29 is 47.3 Å². The van der Waals surface area contributed by atoms with E-state index in [1.54, 1.807) is 32.2 Å². The molecule has 6 aromatic carbocycles. The molecule has 3 fully saturated rings. The van der Waals surface area contributed by atoms with Gasteiger partial charge in [-0.15, -0.1) is 0 Å². The van der Waals surface area contributed by atoms with E-state index in [1.807, 2.05) is 148 Å². The average Bonchev–Trinajstić information content (AvgIpc) is 1.62. The molecule has 0 bridgehead atoms. The lowest BCUT2D eigenvalue weighted by atomic mass is 10.1. The molecule has 3 aliphatic heterocycles. The van der Waals surface area contributed by atoms with Gasteiger partial charge in [-0.25, -0.2) is 43.9 Å². The highest BCUT2D eigenvalue weighted by atomic mass is 16.5. The van der Waals surface area contributed by atoms with E-state index in [9.17, 15) is 14.4 Å². The maximum absolute atomic E-state index is 12.3. The zero-order valence-corrected chi connectivity index (χ0v) is 67.2. The highest BCUT2D eigenvalue weighted by molar-refractivity contribution is 6.02. The van der Waals surface area contributed by atoms with Crippen LogP contribution in [0.15, 0.2) is 181 Å². The zero-order chi connectivity index (χ0) is 82.4. The first-order valence-corrected chi connectivity index (χ1v) is 39.9. The van der Waals surface area contributed by atoms with Gasteiger partial charge in [0.05, 0.1) is 85.0 Å². The molecule has 16 rings (SSSR count). The van der Waals surface area contributed by atoms with E-state index >= 15 is 0 Å². The Labute approximate surface area is 688 Å². The summed E-state index contributed by atoms with van der Waals surface area (Å²) >= 11 is 0. The molecule has 0 atom stereocenters. The number of nitrogens with zero attached hydrogens (tertiary/aromatic N) is 17. The number of benzene rings is 6. The molecule has 0 unspecified atom stereocenters. The van der Waals surface area contributed by atoms with Gasteiger partial charge < -0.3 is 71.0 Å². The lowest BCUT2D eigenvalue weighted by Gasteiger charge is -2.26. The van der Waals surface area contributed by atoms with Crippen LogP contribution in [-0.2, 0) is 35.0 Å². The van der Waals surface area contributed by atoms with Crippen molar-refractivity contribution in [3.8, 4) is 68.1 Å². The Morgan fingerprint density at radius 3 is 1.09 bits per heavy atom. The number of nitrogen functional groups attached to an aromatic ring is 3. The molecule has 3 saturated heterocycles. The van der Waals surface area contributed by atoms with E-state index in [0.717, 1.165) is 180 Å². The summed E-state index contributed by atoms with van der Waals surface area (Å²) < 4.78 is 44.1. The Hall–Kier alpha value is -12.9. The molecule has 618 valence electrons. The summed E-state index contributed by atoms with van der Waals surface area (Å²) in [4.78, 5) is 71.9. The number of carbonyl (C=O) groups is 3. The highest BCUT2D eigenvalue weighted by Crippen LogP contribution is 2.37. The van der Waals surface area contributed by atoms with Crippen molar-refractivity contribution in [1.82, 2.24) is 84.0 Å². The second-order valence-corrected chi connectivity index (χ2v) is 29.4. The Morgan fingerprint density at radius 1 is 0.437 bits per heavy atom. The van der Waals surface area contributed by atoms with Crippen LogP contribution in [0.2, 0.25) is 0 Å². The molecule has 33 nitrogen and oxygen atoms in total. The smallest absolute Gasteiger partial charge is 0.230 e. The van der Waals surface area contributed by atoms with E-state index in [-0.39, 0.29) is 24.1 Å². The third-order valence-electron chi connectivity index (χ3n) is 20.2. The number of aromatic nitrogens is 13. The van der Waals surface area contributed by atoms with Crippen LogP contribution in [-0.4, -0.2) is 241 Å². The van der Waals surface area contributed by atoms with Gasteiger partial charge in [0.15, 0.2) is 16.9 Å². The summed E-state index contributed by atoms with van der Waals surface area (Å²) in [6.07, 6.45) is 8.49. The number of anilines is 6. The predicted molar refractivity (Wildman–Crippen MR) is 456 cm³/mol. The largest absolute Gasteiger partial charge is 0.492 e. The third-order valence-corrected chi connectivity index (χ3v) is 20.2. The molecule has 0 saturated carbocycles. The summed E-state index contributed by atoms with van der Waals surface area (Å²) in [6, 6.07) is 47.4. The minimum absolute atomic E-state index is 0.00420. The minimum Gasteiger partial charge on any atom is -0.492 e. The lowest BCUT2D eigenvalue weighted by molar-refractivity contribution is -0.117. The number of ether oxygens (including phenoxy) is 6. The van der Waals surface area contributed by atoms with Gasteiger partial charge in [-0.1, -0.05) is 19.0 Å². The Morgan fingerprint density at radius 2 is 0.773 bits per heavy atom. The summed E-state index contributed by atoms with van der Waals surface area (Å²) in [5.41, 5.74) is 30.4. The molecule has 9 N–H and O–H groups in total. The molecule has 7 aromatic heterocycles. The number of hydrogen-bond donors (Lipinski definition) is 6. The number of amides is 3. The summed E-state index contributed by atoms with van der Waals surface area (Å²) in [6.45, 7) is 19.8. The van der Waals surface area contributed by atoms with Crippen LogP contribution < -0.4 is 47.4 Å². The standard InChI is InChI=1S/C29H36N8O3.C29H35N7O3.C28H28N8O4/c1-35(2)13-3-4-25(38)33-22-7-9-23(10-8-22)37-29-26(28(30)31-20-32-29)27(34-37)21-5-11-24(12-6-21)40-19-16-36-14-17-39-18-15-36;1-20(2)3-12-25(37)33-22-6-8-23(9-7-22)36-29-26(28(30)31-19-32-29)27(34-36)21-4-10-24(11-5-21)39-18-15-35-13-16-38-17-14-35;29-27-25-26(19-1-7-23(8-2-19)39-16-12-35-10-14-38-15-11-35)33-36(28(25)31-18-30-27)22-5-3-20(4-6-22)32-24(37)17-21-9-13-40-34-21/h5-12,20H,3-4,13-19H2,1-2H3,(H,33,38)(H2,30,31,32);4-11,19-20H,3,12-18H2,1-2H3,(H,33,37)(H2,30,31,32);1-9,13,18H,10-12,14-17H2,(H,32,37)(H2,29,30,31). The maximum Gasteiger partial charge on any atom is 0.230 e. The molecule has 0 aliphatic carbocycles. The minimum atomic E-state index is -0.192. The van der Waals surface area contributed by atoms with Crippen LogP contribution in [0.25, 0.3) is 83.9 Å². The van der Waals surface area contributed by atoms with Crippen LogP contribution in [0.3, 0.4) is 0 Å². The van der Waals surface area contributed by atoms with E-state index in [0.29, 0.717) is 118 Å². The number of nitrogens with one attached hydrogen (secondary N) is 3. The van der Waals surface area contributed by atoms with Crippen LogP contribution in [0.5, 0.6) is 17.2 Å². The Bertz CT molecular complexity index is 5460. The van der Waals surface area contributed by atoms with E-state index in [1.165, 1.54) is 25.2 Å². The second-order valence-electron chi connectivity index (χ2n) is 29.4. The van der Waals surface area contributed by atoms with Crippen molar-refractivity contribution in [1.29, 1.82) is 0 Å². The van der Waals surface area contributed by atoms with Crippen LogP contribution in [0.1, 0.15) is 45.2 Å². The van der Waals surface area contributed by atoms with Gasteiger partial charge in [0, 0.05) is 112 Å². The Balaban J connectivity index is 0.000000146. The maximum atomic E-state index is 12.3. The van der Waals surface area contributed by atoms with E-state index in [4.69, 9.17) is 65.4 Å². The number of carbonyl (C=O) groups excluding carboxylic acids is 3. The van der Waals surface area contributed by atoms with Crippen LogP contribution in [0.4, 0.5) is 34.5 Å². The summed E-state index contributed by atoms with van der Waals surface area (Å²) in [7, 11) is 4.00. The SMILES string of the molecule is CC(C)CCC(=O)Nc1ccc(-n2nc(-c3ccc(OCCN4CCOCC4)cc3)c3c(N)ncnc32)cc1.CN(C)CCCC(=O)Nc1ccc(-n2nc(-c3ccc(OCCN4CCOCC4)cc3)c3c(N)ncnc32)cc1.Nc1ncnc2c1c(-c1ccc(OCCN3CCOCC3)cc1)nn2-c1ccc(NC(=O)Cc2ccon2)cc1. The highest BCUT2D eigenvalue weighted by Gasteiger charge is 2.24. The van der Waals surface area contributed by atoms with Crippen molar-refractivity contribution in [3.63, 3.8) is 0 Å². The van der Waals surface area contributed by atoms with Gasteiger partial charge in [0.25, 0.3) is 0 Å². The molecular weight excluding hydrogens is 1520 g/mol. The van der Waals surface area contributed by atoms with Crippen molar-refractivity contribution >= 4 is 85.3 Å². The molecule has 0 radical (unpaired) electrons. The molecule has 13 aromatic rings. The molecule has 0 spiro atoms. The fourth-order valence-corrected chi connectivity index (χ4v) is 13.7. The van der Waals surface area contributed by atoms with E-state index < -0.39 is 0 Å². The molecule has 10 heterocycles. The summed E-state index contributed by atoms with van der Waals surface area (Å²) in [5, 5.41) is 29.2. The topological polar surface area (TPSA) is 391 Å². The number of morpholine rings is 3. The van der Waals surface area contributed by atoms with Gasteiger partial charge in [0.1, 0.15) is 96.8 Å². The van der Waals surface area contributed by atoms with Gasteiger partial charge in [0.2, 0.25) is 17.7 Å². The Kier molecular flexibility index (Phi) is 28.0. The number of nitrogens with two attached hydrogens (primary N) is 3.